The highest BCUT2D eigenvalue weighted by atomic mass is 32.1. The molecule has 7 nitrogen and oxygen atoms in total. The second-order valence-corrected chi connectivity index (χ2v) is 7.70. The van der Waals surface area contributed by atoms with E-state index in [0.717, 1.165) is 25.3 Å². The maximum atomic E-state index is 12.5. The SMILES string of the molecule is O=C(Nc1nc(=S)[nH]c(=S)[nH]1)c1cccc(NC2CN(Cc3ccccc3)C2)c1. The summed E-state index contributed by atoms with van der Waals surface area (Å²) in [5.41, 5.74) is 2.75. The first kappa shape index (κ1) is 19.4. The first-order valence-corrected chi connectivity index (χ1v) is 10.0. The summed E-state index contributed by atoms with van der Waals surface area (Å²) in [5, 5.41) is 6.18. The van der Waals surface area contributed by atoms with Crippen LogP contribution in [-0.2, 0) is 6.54 Å². The normalized spacial score (nSPS) is 14.2. The van der Waals surface area contributed by atoms with Crippen molar-refractivity contribution in [2.45, 2.75) is 12.6 Å². The van der Waals surface area contributed by atoms with Gasteiger partial charge in [-0.25, -0.2) is 0 Å². The average Bonchev–Trinajstić information content (AvgIpc) is 2.66. The summed E-state index contributed by atoms with van der Waals surface area (Å²) >= 11 is 9.99. The van der Waals surface area contributed by atoms with Crippen LogP contribution in [0.3, 0.4) is 0 Å². The van der Waals surface area contributed by atoms with Gasteiger partial charge in [0.05, 0.1) is 6.04 Å². The Morgan fingerprint density at radius 1 is 1.10 bits per heavy atom. The van der Waals surface area contributed by atoms with Crippen LogP contribution >= 0.6 is 24.4 Å². The van der Waals surface area contributed by atoms with Crippen LogP contribution in [0.25, 0.3) is 0 Å². The van der Waals surface area contributed by atoms with E-state index in [0.29, 0.717) is 16.4 Å². The molecule has 0 spiro atoms. The van der Waals surface area contributed by atoms with Gasteiger partial charge < -0.3 is 15.3 Å². The second kappa shape index (κ2) is 8.64. The number of hydrogen-bond donors (Lipinski definition) is 4. The minimum atomic E-state index is -0.285. The van der Waals surface area contributed by atoms with E-state index in [9.17, 15) is 4.79 Å². The molecule has 4 N–H and O–H groups in total. The van der Waals surface area contributed by atoms with E-state index in [4.69, 9.17) is 24.4 Å². The van der Waals surface area contributed by atoms with Crippen molar-refractivity contribution in [2.75, 3.05) is 23.7 Å². The van der Waals surface area contributed by atoms with Crippen LogP contribution in [0.4, 0.5) is 11.6 Å². The molecule has 9 heteroatoms. The lowest BCUT2D eigenvalue weighted by Crippen LogP contribution is -2.54. The summed E-state index contributed by atoms with van der Waals surface area (Å²) in [5.74, 6) is -0.0654. The molecule has 0 radical (unpaired) electrons. The molecule has 1 saturated heterocycles. The van der Waals surface area contributed by atoms with Crippen molar-refractivity contribution in [1.82, 2.24) is 19.9 Å². The summed E-state index contributed by atoms with van der Waals surface area (Å²) in [6.07, 6.45) is 0. The predicted molar refractivity (Wildman–Crippen MR) is 118 cm³/mol. The number of benzene rings is 2. The third kappa shape index (κ3) is 5.14. The monoisotopic (exact) mass is 424 g/mol. The Hall–Kier alpha value is -2.88. The van der Waals surface area contributed by atoms with Gasteiger partial charge in [-0.15, -0.1) is 0 Å². The molecule has 2 heterocycles. The fourth-order valence-electron chi connectivity index (χ4n) is 3.25. The van der Waals surface area contributed by atoms with Gasteiger partial charge in [0.1, 0.15) is 0 Å². The minimum absolute atomic E-state index is 0.213. The average molecular weight is 425 g/mol. The molecule has 2 aromatic carbocycles. The third-order valence-electron chi connectivity index (χ3n) is 4.60. The van der Waals surface area contributed by atoms with Gasteiger partial charge in [0, 0.05) is 30.9 Å². The summed E-state index contributed by atoms with van der Waals surface area (Å²) in [7, 11) is 0. The van der Waals surface area contributed by atoms with Crippen LogP contribution < -0.4 is 10.6 Å². The van der Waals surface area contributed by atoms with Crippen LogP contribution in [0.2, 0.25) is 0 Å². The Morgan fingerprint density at radius 3 is 2.66 bits per heavy atom. The maximum absolute atomic E-state index is 12.5. The first-order chi connectivity index (χ1) is 14.0. The number of H-pyrrole nitrogens is 2. The number of anilines is 2. The van der Waals surface area contributed by atoms with Crippen molar-refractivity contribution in [3.05, 3.63) is 75.3 Å². The predicted octanol–water partition coefficient (Wildman–Crippen LogP) is 3.75. The molecule has 0 aliphatic carbocycles. The number of nitrogens with zero attached hydrogens (tertiary/aromatic N) is 2. The van der Waals surface area contributed by atoms with Gasteiger partial charge in [-0.2, -0.15) is 4.98 Å². The zero-order chi connectivity index (χ0) is 20.2. The van der Waals surface area contributed by atoms with Crippen molar-refractivity contribution in [3.8, 4) is 0 Å². The molecule has 1 aliphatic heterocycles. The Kier molecular flexibility index (Phi) is 5.79. The molecular weight excluding hydrogens is 404 g/mol. The van der Waals surface area contributed by atoms with Crippen LogP contribution in [0.1, 0.15) is 15.9 Å². The molecule has 4 rings (SSSR count). The van der Waals surface area contributed by atoms with E-state index in [2.05, 4.69) is 54.8 Å². The largest absolute Gasteiger partial charge is 0.380 e. The number of carbonyl (C=O) groups excluding carboxylic acids is 1. The molecule has 148 valence electrons. The van der Waals surface area contributed by atoms with Gasteiger partial charge in [0.2, 0.25) is 10.7 Å². The molecule has 1 aliphatic rings. The number of rotatable bonds is 6. The number of aromatic amines is 2. The molecule has 0 atom stereocenters. The first-order valence-electron chi connectivity index (χ1n) is 9.20. The van der Waals surface area contributed by atoms with E-state index in [1.165, 1.54) is 5.56 Å². The zero-order valence-electron chi connectivity index (χ0n) is 15.5. The Morgan fingerprint density at radius 2 is 1.90 bits per heavy atom. The summed E-state index contributed by atoms with van der Waals surface area (Å²) < 4.78 is 0.519. The van der Waals surface area contributed by atoms with Crippen molar-refractivity contribution in [2.24, 2.45) is 0 Å². The lowest BCUT2D eigenvalue weighted by molar-refractivity contribution is 0.102. The van der Waals surface area contributed by atoms with Gasteiger partial charge in [0.15, 0.2) is 4.77 Å². The number of aromatic nitrogens is 3. The number of amides is 1. The topological polar surface area (TPSA) is 88.8 Å². The molecule has 29 heavy (non-hydrogen) atoms. The highest BCUT2D eigenvalue weighted by Crippen LogP contribution is 2.19. The van der Waals surface area contributed by atoms with Gasteiger partial charge in [-0.3, -0.25) is 15.0 Å². The smallest absolute Gasteiger partial charge is 0.258 e. The van der Waals surface area contributed by atoms with Gasteiger partial charge in [0.25, 0.3) is 5.91 Å². The molecule has 1 aromatic heterocycles. The van der Waals surface area contributed by atoms with E-state index in [1.807, 2.05) is 24.3 Å². The number of nitrogens with one attached hydrogen (secondary N) is 4. The lowest BCUT2D eigenvalue weighted by Gasteiger charge is -2.40. The van der Waals surface area contributed by atoms with Crippen LogP contribution in [-0.4, -0.2) is 44.9 Å². The fourth-order valence-corrected chi connectivity index (χ4v) is 3.70. The Bertz CT molecular complexity index is 1090. The molecule has 3 aromatic rings. The molecule has 1 fully saturated rings. The fraction of sp³-hybridized carbons (Fsp3) is 0.200. The van der Waals surface area contributed by atoms with E-state index in [-0.39, 0.29) is 16.6 Å². The van der Waals surface area contributed by atoms with Crippen LogP contribution in [0, 0.1) is 9.54 Å². The van der Waals surface area contributed by atoms with E-state index < -0.39 is 0 Å². The molecule has 1 amide bonds. The van der Waals surface area contributed by atoms with Crippen molar-refractivity contribution < 1.29 is 4.79 Å². The highest BCUT2D eigenvalue weighted by Gasteiger charge is 2.26. The Balaban J connectivity index is 1.34. The lowest BCUT2D eigenvalue weighted by atomic mass is 10.1. The molecule has 0 bridgehead atoms. The zero-order valence-corrected chi connectivity index (χ0v) is 17.1. The van der Waals surface area contributed by atoms with Crippen LogP contribution in [0.5, 0.6) is 0 Å². The number of carbonyl (C=O) groups is 1. The number of hydrogen-bond acceptors (Lipinski definition) is 6. The standard InChI is InChI=1S/C20H20N6OS2/c27-17(22-18-23-19(28)25-20(29)24-18)14-7-4-8-15(9-14)21-16-11-26(12-16)10-13-5-2-1-3-6-13/h1-9,16,21H,10-12H2,(H3,22,23,24,25,27,28,29). The summed E-state index contributed by atoms with van der Waals surface area (Å²) in [4.78, 5) is 24.4. The molecule has 0 saturated carbocycles. The quantitative estimate of drug-likeness (QED) is 0.451. The van der Waals surface area contributed by atoms with Gasteiger partial charge >= 0.3 is 0 Å². The molecule has 0 unspecified atom stereocenters. The van der Waals surface area contributed by atoms with Gasteiger partial charge in [-0.1, -0.05) is 36.4 Å². The second-order valence-electron chi connectivity index (χ2n) is 6.90. The third-order valence-corrected chi connectivity index (χ3v) is 5.00. The van der Waals surface area contributed by atoms with Crippen molar-refractivity contribution in [3.63, 3.8) is 0 Å². The summed E-state index contributed by atoms with van der Waals surface area (Å²) in [6, 6.07) is 18.2. The van der Waals surface area contributed by atoms with Crippen molar-refractivity contribution in [1.29, 1.82) is 0 Å². The van der Waals surface area contributed by atoms with Crippen LogP contribution in [0.15, 0.2) is 54.6 Å². The Labute approximate surface area is 178 Å². The number of likely N-dealkylation sites (tertiary alicyclic amines) is 1. The van der Waals surface area contributed by atoms with Crippen molar-refractivity contribution >= 4 is 42.0 Å². The maximum Gasteiger partial charge on any atom is 0.258 e. The summed E-state index contributed by atoms with van der Waals surface area (Å²) in [6.45, 7) is 2.89. The highest BCUT2D eigenvalue weighted by molar-refractivity contribution is 7.71. The minimum Gasteiger partial charge on any atom is -0.380 e. The van der Waals surface area contributed by atoms with Gasteiger partial charge in [-0.05, 0) is 48.2 Å². The van der Waals surface area contributed by atoms with E-state index in [1.54, 1.807) is 6.07 Å². The van der Waals surface area contributed by atoms with E-state index >= 15 is 0 Å². The molecular formula is C20H20N6OS2.